The van der Waals surface area contributed by atoms with Gasteiger partial charge in [-0.2, -0.15) is 0 Å². The topological polar surface area (TPSA) is 9.86 Å². The standard InChI is InChI=1S/C44H28N2/c1-2-10-29(11-3-1)30-18-22-33(23-19-30)45-39-17-9-8-16-37(39)38-28-34(24-27-40(38)45)46-41-25-20-31-12-4-6-14-35(31)43(41)44-36-15-7-5-13-32(36)21-26-42(44)46/h1-28H. The van der Waals surface area contributed by atoms with Gasteiger partial charge in [-0.15, -0.1) is 0 Å². The number of hydrogen-bond acceptors (Lipinski definition) is 0. The zero-order valence-corrected chi connectivity index (χ0v) is 25.1. The molecule has 0 saturated heterocycles. The molecule has 0 unspecified atom stereocenters. The van der Waals surface area contributed by atoms with E-state index in [-0.39, 0.29) is 0 Å². The smallest absolute Gasteiger partial charge is 0.0547 e. The molecule has 0 bridgehead atoms. The molecule has 0 fully saturated rings. The number of para-hydroxylation sites is 1. The summed E-state index contributed by atoms with van der Waals surface area (Å²) in [7, 11) is 0. The van der Waals surface area contributed by atoms with Crippen molar-refractivity contribution in [2.24, 2.45) is 0 Å². The predicted molar refractivity (Wildman–Crippen MR) is 196 cm³/mol. The summed E-state index contributed by atoms with van der Waals surface area (Å²) in [5, 5.41) is 10.2. The maximum Gasteiger partial charge on any atom is 0.0547 e. The number of aromatic nitrogens is 2. The third kappa shape index (κ3) is 3.59. The summed E-state index contributed by atoms with van der Waals surface area (Å²) in [6.07, 6.45) is 0. The number of benzene rings is 8. The molecule has 0 spiro atoms. The van der Waals surface area contributed by atoms with Crippen LogP contribution >= 0.6 is 0 Å². The molecule has 8 aromatic carbocycles. The average Bonchev–Trinajstić information content (AvgIpc) is 3.65. The first-order valence-corrected chi connectivity index (χ1v) is 15.9. The maximum absolute atomic E-state index is 2.46. The first kappa shape index (κ1) is 25.2. The van der Waals surface area contributed by atoms with Crippen LogP contribution in [0.25, 0.3) is 87.7 Å². The van der Waals surface area contributed by atoms with Crippen molar-refractivity contribution < 1.29 is 0 Å². The monoisotopic (exact) mass is 584 g/mol. The van der Waals surface area contributed by atoms with Crippen LogP contribution in [-0.4, -0.2) is 9.13 Å². The van der Waals surface area contributed by atoms with E-state index in [0.29, 0.717) is 0 Å². The zero-order chi connectivity index (χ0) is 30.2. The Bertz CT molecular complexity index is 2690. The van der Waals surface area contributed by atoms with Gasteiger partial charge < -0.3 is 9.13 Å². The predicted octanol–water partition coefficient (Wildman–Crippen LogP) is 11.9. The van der Waals surface area contributed by atoms with Crippen LogP contribution in [0, 0.1) is 0 Å². The van der Waals surface area contributed by atoms with Crippen LogP contribution in [0.15, 0.2) is 170 Å². The first-order valence-electron chi connectivity index (χ1n) is 15.9. The van der Waals surface area contributed by atoms with Crippen molar-refractivity contribution in [1.29, 1.82) is 0 Å². The first-order chi connectivity index (χ1) is 22.8. The van der Waals surface area contributed by atoms with E-state index in [0.717, 1.165) is 5.69 Å². The highest BCUT2D eigenvalue weighted by atomic mass is 15.0. The van der Waals surface area contributed by atoms with Crippen LogP contribution < -0.4 is 0 Å². The second-order valence-electron chi connectivity index (χ2n) is 12.2. The van der Waals surface area contributed by atoms with Crippen molar-refractivity contribution in [2.75, 3.05) is 0 Å². The minimum absolute atomic E-state index is 1.16. The second-order valence-corrected chi connectivity index (χ2v) is 12.2. The molecule has 2 nitrogen and oxygen atoms in total. The lowest BCUT2D eigenvalue weighted by molar-refractivity contribution is 1.17. The Morgan fingerprint density at radius 3 is 1.43 bits per heavy atom. The van der Waals surface area contributed by atoms with Gasteiger partial charge in [0.05, 0.1) is 22.1 Å². The van der Waals surface area contributed by atoms with Crippen LogP contribution in [0.4, 0.5) is 0 Å². The van der Waals surface area contributed by atoms with E-state index in [1.165, 1.54) is 82.0 Å². The molecule has 0 aliphatic carbocycles. The molecule has 0 amide bonds. The normalized spacial score (nSPS) is 11.9. The third-order valence-electron chi connectivity index (χ3n) is 9.69. The lowest BCUT2D eigenvalue weighted by Gasteiger charge is -2.11. The van der Waals surface area contributed by atoms with Gasteiger partial charge in [0.15, 0.2) is 0 Å². The summed E-state index contributed by atoms with van der Waals surface area (Å²) >= 11 is 0. The fraction of sp³-hybridized carbons (Fsp3) is 0. The maximum atomic E-state index is 2.46. The van der Waals surface area contributed by atoms with Crippen LogP contribution in [0.2, 0.25) is 0 Å². The highest BCUT2D eigenvalue weighted by Crippen LogP contribution is 2.42. The molecule has 10 rings (SSSR count). The molecular weight excluding hydrogens is 556 g/mol. The van der Waals surface area contributed by atoms with Crippen molar-refractivity contribution in [3.63, 3.8) is 0 Å². The molecule has 0 aliphatic rings. The Balaban J connectivity index is 1.24. The minimum Gasteiger partial charge on any atom is -0.309 e. The molecule has 10 aromatic rings. The minimum atomic E-state index is 1.16. The Morgan fingerprint density at radius 1 is 0.283 bits per heavy atom. The van der Waals surface area contributed by atoms with Gasteiger partial charge in [0, 0.05) is 32.9 Å². The van der Waals surface area contributed by atoms with E-state index in [1.54, 1.807) is 0 Å². The molecule has 0 N–H and O–H groups in total. The highest BCUT2D eigenvalue weighted by Gasteiger charge is 2.19. The Hall–Kier alpha value is -6.12. The molecule has 0 atom stereocenters. The molecule has 0 saturated carbocycles. The summed E-state index contributed by atoms with van der Waals surface area (Å²) in [5.41, 5.74) is 9.64. The van der Waals surface area contributed by atoms with Gasteiger partial charge in [-0.1, -0.05) is 121 Å². The van der Waals surface area contributed by atoms with E-state index in [4.69, 9.17) is 0 Å². The number of fused-ring (bicyclic) bond motifs is 10. The average molecular weight is 585 g/mol. The van der Waals surface area contributed by atoms with E-state index in [9.17, 15) is 0 Å². The van der Waals surface area contributed by atoms with E-state index in [1.807, 2.05) is 0 Å². The van der Waals surface area contributed by atoms with Crippen LogP contribution in [0.3, 0.4) is 0 Å². The zero-order valence-electron chi connectivity index (χ0n) is 25.1. The van der Waals surface area contributed by atoms with Crippen molar-refractivity contribution in [2.45, 2.75) is 0 Å². The SMILES string of the molecule is c1ccc(-c2ccc(-n3c4ccccc4c4cc(-n5c6ccc7ccccc7c6c6c7ccccc7ccc65)ccc43)cc2)cc1. The third-order valence-corrected chi connectivity index (χ3v) is 9.69. The van der Waals surface area contributed by atoms with Gasteiger partial charge in [-0.05, 0) is 81.2 Å². The van der Waals surface area contributed by atoms with Gasteiger partial charge in [-0.3, -0.25) is 0 Å². The number of hydrogen-bond donors (Lipinski definition) is 0. The molecule has 46 heavy (non-hydrogen) atoms. The van der Waals surface area contributed by atoms with Crippen LogP contribution in [0.1, 0.15) is 0 Å². The summed E-state index contributed by atoms with van der Waals surface area (Å²) in [6.45, 7) is 0. The number of rotatable bonds is 3. The summed E-state index contributed by atoms with van der Waals surface area (Å²) in [4.78, 5) is 0. The summed E-state index contributed by atoms with van der Waals surface area (Å²) in [5.74, 6) is 0. The Morgan fingerprint density at radius 2 is 0.761 bits per heavy atom. The molecule has 2 heterocycles. The second kappa shape index (κ2) is 9.69. The molecule has 0 aliphatic heterocycles. The van der Waals surface area contributed by atoms with E-state index >= 15 is 0 Å². The summed E-state index contributed by atoms with van der Waals surface area (Å²) < 4.78 is 4.86. The van der Waals surface area contributed by atoms with E-state index in [2.05, 4.69) is 179 Å². The fourth-order valence-corrected chi connectivity index (χ4v) is 7.64. The molecule has 0 radical (unpaired) electrons. The lowest BCUT2D eigenvalue weighted by atomic mass is 10.00. The van der Waals surface area contributed by atoms with Crippen LogP contribution in [-0.2, 0) is 0 Å². The largest absolute Gasteiger partial charge is 0.309 e. The summed E-state index contributed by atoms with van der Waals surface area (Å²) in [6, 6.07) is 61.9. The van der Waals surface area contributed by atoms with Gasteiger partial charge in [0.25, 0.3) is 0 Å². The van der Waals surface area contributed by atoms with Crippen molar-refractivity contribution in [3.8, 4) is 22.5 Å². The van der Waals surface area contributed by atoms with Gasteiger partial charge in [-0.25, -0.2) is 0 Å². The van der Waals surface area contributed by atoms with Crippen molar-refractivity contribution in [1.82, 2.24) is 9.13 Å². The quantitative estimate of drug-likeness (QED) is 0.195. The Labute approximate surface area is 266 Å². The van der Waals surface area contributed by atoms with Crippen molar-refractivity contribution in [3.05, 3.63) is 170 Å². The van der Waals surface area contributed by atoms with Crippen molar-refractivity contribution >= 4 is 65.2 Å². The van der Waals surface area contributed by atoms with Gasteiger partial charge in [0.1, 0.15) is 0 Å². The lowest BCUT2D eigenvalue weighted by Crippen LogP contribution is -1.96. The molecular formula is C44H28N2. The Kier molecular flexibility index (Phi) is 5.31. The number of nitrogens with zero attached hydrogens (tertiary/aromatic N) is 2. The van der Waals surface area contributed by atoms with Gasteiger partial charge >= 0.3 is 0 Å². The highest BCUT2D eigenvalue weighted by molar-refractivity contribution is 6.28. The molecule has 2 heteroatoms. The van der Waals surface area contributed by atoms with Crippen LogP contribution in [0.5, 0.6) is 0 Å². The molecule has 214 valence electrons. The fourth-order valence-electron chi connectivity index (χ4n) is 7.64. The van der Waals surface area contributed by atoms with Gasteiger partial charge in [0.2, 0.25) is 0 Å². The molecule has 2 aromatic heterocycles. The van der Waals surface area contributed by atoms with E-state index < -0.39 is 0 Å².